The molecule has 0 aromatic heterocycles. The summed E-state index contributed by atoms with van der Waals surface area (Å²) in [6.07, 6.45) is 0.646. The van der Waals surface area contributed by atoms with Crippen molar-refractivity contribution < 1.29 is 4.79 Å². The summed E-state index contributed by atoms with van der Waals surface area (Å²) in [6, 6.07) is 6.37. The fraction of sp³-hybridized carbons (Fsp3) is 0.500. The largest absolute Gasteiger partial charge is 0.369 e. The van der Waals surface area contributed by atoms with Gasteiger partial charge in [0, 0.05) is 29.4 Å². The second kappa shape index (κ2) is 4.45. The zero-order valence-electron chi connectivity index (χ0n) is 10.6. The first kappa shape index (κ1) is 12.6. The van der Waals surface area contributed by atoms with Crippen molar-refractivity contribution >= 4 is 27.4 Å². The van der Waals surface area contributed by atoms with Gasteiger partial charge in [-0.2, -0.15) is 0 Å². The Kier molecular flexibility index (Phi) is 3.30. The molecule has 17 heavy (non-hydrogen) atoms. The Hall–Kier alpha value is -0.830. The van der Waals surface area contributed by atoms with Gasteiger partial charge in [0.15, 0.2) is 0 Å². The van der Waals surface area contributed by atoms with Crippen LogP contribution in [0.2, 0.25) is 0 Å². The van der Waals surface area contributed by atoms with Gasteiger partial charge in [0.25, 0.3) is 0 Å². The van der Waals surface area contributed by atoms with Crippen molar-refractivity contribution in [3.63, 3.8) is 0 Å². The summed E-state index contributed by atoms with van der Waals surface area (Å²) in [5.74, 6) is 0.372. The monoisotopic (exact) mass is 295 g/mol. The van der Waals surface area contributed by atoms with Crippen LogP contribution in [-0.2, 0) is 4.79 Å². The minimum absolute atomic E-state index is 0.234. The number of hydrogen-bond donors (Lipinski definition) is 0. The van der Waals surface area contributed by atoms with Crippen molar-refractivity contribution in [1.29, 1.82) is 0 Å². The molecule has 1 heterocycles. The second-order valence-corrected chi connectivity index (χ2v) is 6.29. The van der Waals surface area contributed by atoms with Gasteiger partial charge in [0.05, 0.1) is 5.69 Å². The van der Waals surface area contributed by atoms with Gasteiger partial charge in [-0.15, -0.1) is 0 Å². The van der Waals surface area contributed by atoms with E-state index >= 15 is 0 Å². The lowest BCUT2D eigenvalue weighted by Crippen LogP contribution is -2.46. The van der Waals surface area contributed by atoms with Crippen molar-refractivity contribution in [3.05, 3.63) is 28.2 Å². The van der Waals surface area contributed by atoms with E-state index in [1.54, 1.807) is 0 Å². The Balaban J connectivity index is 2.27. The number of hydrogen-bond acceptors (Lipinski definition) is 2. The standard InChI is InChI=1S/C14H18BrNO/c1-10-4-5-12(11(15)8-10)16-7-6-13(17)14(2,3)9-16/h4-5,8H,6-7,9H2,1-3H3. The van der Waals surface area contributed by atoms with Gasteiger partial charge < -0.3 is 4.90 Å². The third kappa shape index (κ3) is 2.54. The van der Waals surface area contributed by atoms with Crippen LogP contribution in [0.15, 0.2) is 22.7 Å². The summed E-state index contributed by atoms with van der Waals surface area (Å²) in [5, 5.41) is 0. The quantitative estimate of drug-likeness (QED) is 0.789. The fourth-order valence-corrected chi connectivity index (χ4v) is 3.04. The zero-order valence-corrected chi connectivity index (χ0v) is 12.2. The van der Waals surface area contributed by atoms with Crippen LogP contribution >= 0.6 is 15.9 Å². The van der Waals surface area contributed by atoms with Gasteiger partial charge in [-0.1, -0.05) is 19.9 Å². The molecule has 0 N–H and O–H groups in total. The van der Waals surface area contributed by atoms with E-state index in [4.69, 9.17) is 0 Å². The fourth-order valence-electron chi connectivity index (χ4n) is 2.29. The van der Waals surface area contributed by atoms with E-state index in [9.17, 15) is 4.79 Å². The number of aryl methyl sites for hydroxylation is 1. The molecule has 0 spiro atoms. The van der Waals surface area contributed by atoms with Crippen molar-refractivity contribution in [2.75, 3.05) is 18.0 Å². The number of benzene rings is 1. The topological polar surface area (TPSA) is 20.3 Å². The molecule has 92 valence electrons. The molecule has 1 fully saturated rings. The first-order valence-corrected chi connectivity index (χ1v) is 6.74. The smallest absolute Gasteiger partial charge is 0.142 e. The highest BCUT2D eigenvalue weighted by Crippen LogP contribution is 2.33. The van der Waals surface area contributed by atoms with Crippen LogP contribution in [0, 0.1) is 12.3 Å². The minimum Gasteiger partial charge on any atom is -0.369 e. The van der Waals surface area contributed by atoms with Crippen LogP contribution < -0.4 is 4.90 Å². The molecule has 3 heteroatoms. The predicted molar refractivity (Wildman–Crippen MR) is 74.5 cm³/mol. The molecule has 1 saturated heterocycles. The lowest BCUT2D eigenvalue weighted by Gasteiger charge is -2.38. The molecule has 0 unspecified atom stereocenters. The first-order valence-electron chi connectivity index (χ1n) is 5.94. The molecule has 0 aliphatic carbocycles. The van der Waals surface area contributed by atoms with Crippen LogP contribution in [0.25, 0.3) is 0 Å². The number of piperidine rings is 1. The summed E-state index contributed by atoms with van der Waals surface area (Å²) in [7, 11) is 0. The molecule has 2 nitrogen and oxygen atoms in total. The van der Waals surface area contributed by atoms with E-state index in [0.717, 1.165) is 17.6 Å². The summed E-state index contributed by atoms with van der Waals surface area (Å²) in [4.78, 5) is 14.1. The summed E-state index contributed by atoms with van der Waals surface area (Å²) < 4.78 is 1.11. The Bertz CT molecular complexity index is 454. The van der Waals surface area contributed by atoms with E-state index in [1.807, 2.05) is 13.8 Å². The number of ketones is 1. The molecule has 0 bridgehead atoms. The molecule has 0 radical (unpaired) electrons. The maximum atomic E-state index is 11.8. The van der Waals surface area contributed by atoms with E-state index in [1.165, 1.54) is 11.3 Å². The normalized spacial score (nSPS) is 19.5. The molecule has 1 aromatic rings. The molecule has 1 aromatic carbocycles. The molecule has 0 saturated carbocycles. The Morgan fingerprint density at radius 3 is 2.65 bits per heavy atom. The van der Waals surface area contributed by atoms with E-state index in [2.05, 4.69) is 46.0 Å². The lowest BCUT2D eigenvalue weighted by molar-refractivity contribution is -0.127. The summed E-state index contributed by atoms with van der Waals surface area (Å²) in [5.41, 5.74) is 2.20. The number of carbonyl (C=O) groups excluding carboxylic acids is 1. The van der Waals surface area contributed by atoms with Gasteiger partial charge in [0.2, 0.25) is 0 Å². The van der Waals surface area contributed by atoms with Gasteiger partial charge in [0.1, 0.15) is 5.78 Å². The summed E-state index contributed by atoms with van der Waals surface area (Å²) >= 11 is 3.61. The highest BCUT2D eigenvalue weighted by Gasteiger charge is 2.34. The number of rotatable bonds is 1. The minimum atomic E-state index is -0.234. The lowest BCUT2D eigenvalue weighted by atomic mass is 9.82. The van der Waals surface area contributed by atoms with Crippen LogP contribution in [0.3, 0.4) is 0 Å². The second-order valence-electron chi connectivity index (χ2n) is 5.43. The molecule has 1 aliphatic rings. The van der Waals surface area contributed by atoms with Crippen LogP contribution in [-0.4, -0.2) is 18.9 Å². The van der Waals surface area contributed by atoms with Crippen LogP contribution in [0.1, 0.15) is 25.8 Å². The predicted octanol–water partition coefficient (Wildman–Crippen LogP) is 3.56. The molecular formula is C14H18BrNO. The van der Waals surface area contributed by atoms with Gasteiger partial charge in [-0.3, -0.25) is 4.79 Å². The number of Topliss-reactive ketones (excluding diaryl/α,β-unsaturated/α-hetero) is 1. The highest BCUT2D eigenvalue weighted by atomic mass is 79.9. The SMILES string of the molecule is Cc1ccc(N2CCC(=O)C(C)(C)C2)c(Br)c1. The van der Waals surface area contributed by atoms with E-state index in [0.29, 0.717) is 12.2 Å². The van der Waals surface area contributed by atoms with Crippen molar-refractivity contribution in [2.24, 2.45) is 5.41 Å². The third-order valence-corrected chi connectivity index (χ3v) is 4.03. The van der Waals surface area contributed by atoms with Gasteiger partial charge >= 0.3 is 0 Å². The number of halogens is 1. The summed E-state index contributed by atoms with van der Waals surface area (Å²) in [6.45, 7) is 7.77. The third-order valence-electron chi connectivity index (χ3n) is 3.39. The van der Waals surface area contributed by atoms with Crippen molar-refractivity contribution in [2.45, 2.75) is 27.2 Å². The van der Waals surface area contributed by atoms with E-state index < -0.39 is 0 Å². The number of carbonyl (C=O) groups is 1. The molecule has 1 aliphatic heterocycles. The molecule has 0 amide bonds. The average Bonchev–Trinajstić information content (AvgIpc) is 2.22. The first-order chi connectivity index (χ1) is 7.90. The van der Waals surface area contributed by atoms with Gasteiger partial charge in [-0.05, 0) is 40.5 Å². The zero-order chi connectivity index (χ0) is 12.6. The average molecular weight is 296 g/mol. The maximum Gasteiger partial charge on any atom is 0.142 e. The Morgan fingerprint density at radius 2 is 2.06 bits per heavy atom. The Morgan fingerprint density at radius 1 is 1.35 bits per heavy atom. The Labute approximate surface area is 111 Å². The van der Waals surface area contributed by atoms with Gasteiger partial charge in [-0.25, -0.2) is 0 Å². The van der Waals surface area contributed by atoms with Crippen LogP contribution in [0.5, 0.6) is 0 Å². The highest BCUT2D eigenvalue weighted by molar-refractivity contribution is 9.10. The van der Waals surface area contributed by atoms with Crippen LogP contribution in [0.4, 0.5) is 5.69 Å². The molecule has 2 rings (SSSR count). The van der Waals surface area contributed by atoms with Crippen molar-refractivity contribution in [1.82, 2.24) is 0 Å². The van der Waals surface area contributed by atoms with Crippen molar-refractivity contribution in [3.8, 4) is 0 Å². The number of nitrogens with zero attached hydrogens (tertiary/aromatic N) is 1. The molecule has 0 atom stereocenters. The van der Waals surface area contributed by atoms with E-state index in [-0.39, 0.29) is 5.41 Å². The molecular weight excluding hydrogens is 278 g/mol. The number of anilines is 1. The maximum absolute atomic E-state index is 11.8.